The third-order valence-electron chi connectivity index (χ3n) is 3.74. The molecule has 2 rings (SSSR count). The number of rotatable bonds is 5. The maximum atomic E-state index is 12.4. The molecule has 0 aliphatic carbocycles. The van der Waals surface area contributed by atoms with Crippen molar-refractivity contribution in [1.82, 2.24) is 4.90 Å². The van der Waals surface area contributed by atoms with Crippen molar-refractivity contribution < 1.29 is 13.5 Å². The van der Waals surface area contributed by atoms with Gasteiger partial charge < -0.3 is 10.5 Å². The summed E-state index contributed by atoms with van der Waals surface area (Å²) in [5.41, 5.74) is 6.38. The average molecular weight is 305 g/mol. The Morgan fingerprint density at radius 1 is 1.50 bits per heavy atom. The lowest BCUT2D eigenvalue weighted by molar-refractivity contribution is -0.0508. The first-order chi connectivity index (χ1) is 9.49. The summed E-state index contributed by atoms with van der Waals surface area (Å²) in [5, 5.41) is 0.517. The molecule has 6 heteroatoms. The van der Waals surface area contributed by atoms with Crippen LogP contribution in [0.1, 0.15) is 18.9 Å². The number of hydrogen-bond acceptors (Lipinski definition) is 3. The Balaban J connectivity index is 2.13. The van der Waals surface area contributed by atoms with Crippen LogP contribution in [0, 0.1) is 5.92 Å². The van der Waals surface area contributed by atoms with Crippen LogP contribution in [0.4, 0.5) is 8.78 Å². The molecule has 0 aromatic heterocycles. The summed E-state index contributed by atoms with van der Waals surface area (Å²) in [6.07, 6.45) is 1.03. The van der Waals surface area contributed by atoms with Crippen molar-refractivity contribution in [2.75, 3.05) is 13.1 Å². The van der Waals surface area contributed by atoms with Crippen LogP contribution in [0.2, 0.25) is 5.02 Å². The standard InChI is InChI=1S/C14H19ClF2N2O/c1-9-4-10(6-18)7-19(9)8-11-5-12(15)2-3-13(11)20-14(16)17/h2-3,5,9-10,14H,4,6-8,18H2,1H3. The van der Waals surface area contributed by atoms with E-state index in [0.29, 0.717) is 35.6 Å². The minimum Gasteiger partial charge on any atom is -0.434 e. The number of ether oxygens (including phenoxy) is 1. The first-order valence-electron chi connectivity index (χ1n) is 6.67. The highest BCUT2D eigenvalue weighted by Crippen LogP contribution is 2.30. The first-order valence-corrected chi connectivity index (χ1v) is 7.04. The minimum atomic E-state index is -2.83. The van der Waals surface area contributed by atoms with Crippen LogP contribution >= 0.6 is 11.6 Å². The third-order valence-corrected chi connectivity index (χ3v) is 3.97. The SMILES string of the molecule is CC1CC(CN)CN1Cc1cc(Cl)ccc1OC(F)F. The summed E-state index contributed by atoms with van der Waals surface area (Å²) in [5.74, 6) is 0.649. The van der Waals surface area contributed by atoms with Crippen LogP contribution in [0.15, 0.2) is 18.2 Å². The topological polar surface area (TPSA) is 38.5 Å². The zero-order chi connectivity index (χ0) is 14.7. The molecule has 1 aromatic rings. The maximum absolute atomic E-state index is 12.4. The van der Waals surface area contributed by atoms with E-state index in [2.05, 4.69) is 16.6 Å². The molecule has 0 amide bonds. The van der Waals surface area contributed by atoms with Crippen molar-refractivity contribution in [2.45, 2.75) is 32.5 Å². The van der Waals surface area contributed by atoms with Gasteiger partial charge in [-0.15, -0.1) is 0 Å². The predicted octanol–water partition coefficient (Wildman–Crippen LogP) is 3.11. The van der Waals surface area contributed by atoms with Crippen molar-refractivity contribution in [3.8, 4) is 5.75 Å². The first kappa shape index (κ1) is 15.5. The lowest BCUT2D eigenvalue weighted by Gasteiger charge is -2.22. The van der Waals surface area contributed by atoms with E-state index in [4.69, 9.17) is 17.3 Å². The van der Waals surface area contributed by atoms with Crippen molar-refractivity contribution in [3.63, 3.8) is 0 Å². The number of nitrogens with two attached hydrogens (primary N) is 1. The van der Waals surface area contributed by atoms with E-state index in [1.165, 1.54) is 6.07 Å². The Labute approximate surface area is 122 Å². The molecular weight excluding hydrogens is 286 g/mol. The van der Waals surface area contributed by atoms with Crippen LogP contribution in [0.3, 0.4) is 0 Å². The Morgan fingerprint density at radius 3 is 2.85 bits per heavy atom. The summed E-state index contributed by atoms with van der Waals surface area (Å²) in [7, 11) is 0. The van der Waals surface area contributed by atoms with Crippen molar-refractivity contribution >= 4 is 11.6 Å². The molecule has 2 atom stereocenters. The molecule has 1 heterocycles. The molecule has 1 aromatic carbocycles. The second kappa shape index (κ2) is 6.70. The molecule has 112 valence electrons. The van der Waals surface area contributed by atoms with Gasteiger partial charge in [0, 0.05) is 29.7 Å². The summed E-state index contributed by atoms with van der Waals surface area (Å²) in [4.78, 5) is 2.22. The fourth-order valence-electron chi connectivity index (χ4n) is 2.71. The van der Waals surface area contributed by atoms with Gasteiger partial charge in [0.15, 0.2) is 0 Å². The van der Waals surface area contributed by atoms with E-state index >= 15 is 0 Å². The predicted molar refractivity (Wildman–Crippen MR) is 75.1 cm³/mol. The second-order valence-electron chi connectivity index (χ2n) is 5.25. The van der Waals surface area contributed by atoms with Crippen LogP contribution in [-0.2, 0) is 6.54 Å². The Kier molecular flexibility index (Phi) is 5.18. The van der Waals surface area contributed by atoms with E-state index in [0.717, 1.165) is 13.0 Å². The molecule has 3 nitrogen and oxygen atoms in total. The molecule has 2 unspecified atom stereocenters. The Hall–Kier alpha value is -0.910. The van der Waals surface area contributed by atoms with Crippen LogP contribution in [0.5, 0.6) is 5.75 Å². The van der Waals surface area contributed by atoms with Gasteiger partial charge in [-0.25, -0.2) is 0 Å². The lowest BCUT2D eigenvalue weighted by Crippen LogP contribution is -2.27. The Morgan fingerprint density at radius 2 is 2.25 bits per heavy atom. The summed E-state index contributed by atoms with van der Waals surface area (Å²) in [6.45, 7) is 1.35. The monoisotopic (exact) mass is 304 g/mol. The number of hydrogen-bond donors (Lipinski definition) is 1. The fourth-order valence-corrected chi connectivity index (χ4v) is 2.90. The summed E-state index contributed by atoms with van der Waals surface area (Å²) < 4.78 is 29.4. The second-order valence-corrected chi connectivity index (χ2v) is 5.68. The van der Waals surface area contributed by atoms with E-state index in [9.17, 15) is 8.78 Å². The molecule has 2 N–H and O–H groups in total. The highest BCUT2D eigenvalue weighted by molar-refractivity contribution is 6.30. The zero-order valence-corrected chi connectivity index (χ0v) is 12.1. The molecular formula is C14H19ClF2N2O. The Bertz CT molecular complexity index is 459. The van der Waals surface area contributed by atoms with E-state index in [-0.39, 0.29) is 5.75 Å². The number of benzene rings is 1. The van der Waals surface area contributed by atoms with Crippen LogP contribution in [-0.4, -0.2) is 30.6 Å². The fraction of sp³-hybridized carbons (Fsp3) is 0.571. The van der Waals surface area contributed by atoms with Gasteiger partial charge in [0.1, 0.15) is 5.75 Å². The quantitative estimate of drug-likeness (QED) is 0.908. The van der Waals surface area contributed by atoms with Gasteiger partial charge in [-0.05, 0) is 44.0 Å². The van der Waals surface area contributed by atoms with Gasteiger partial charge in [0.05, 0.1) is 0 Å². The smallest absolute Gasteiger partial charge is 0.387 e. The summed E-state index contributed by atoms with van der Waals surface area (Å²) in [6, 6.07) is 5.10. The highest BCUT2D eigenvalue weighted by Gasteiger charge is 2.28. The van der Waals surface area contributed by atoms with Crippen molar-refractivity contribution in [2.24, 2.45) is 11.7 Å². The van der Waals surface area contributed by atoms with Gasteiger partial charge in [-0.1, -0.05) is 11.6 Å². The number of nitrogens with zero attached hydrogens (tertiary/aromatic N) is 1. The largest absolute Gasteiger partial charge is 0.434 e. The normalized spacial score (nSPS) is 23.5. The molecule has 0 radical (unpaired) electrons. The van der Waals surface area contributed by atoms with E-state index in [1.807, 2.05) is 0 Å². The average Bonchev–Trinajstić information content (AvgIpc) is 2.73. The molecule has 1 aliphatic rings. The molecule has 1 saturated heterocycles. The number of halogens is 3. The number of likely N-dealkylation sites (tertiary alicyclic amines) is 1. The van der Waals surface area contributed by atoms with Crippen LogP contribution < -0.4 is 10.5 Å². The molecule has 1 fully saturated rings. The zero-order valence-electron chi connectivity index (χ0n) is 11.4. The van der Waals surface area contributed by atoms with Gasteiger partial charge in [-0.2, -0.15) is 8.78 Å². The minimum absolute atomic E-state index is 0.188. The van der Waals surface area contributed by atoms with Crippen molar-refractivity contribution in [1.29, 1.82) is 0 Å². The molecule has 0 bridgehead atoms. The van der Waals surface area contributed by atoms with Gasteiger partial charge in [0.25, 0.3) is 0 Å². The van der Waals surface area contributed by atoms with Gasteiger partial charge in [-0.3, -0.25) is 4.90 Å². The molecule has 0 saturated carbocycles. The van der Waals surface area contributed by atoms with Crippen molar-refractivity contribution in [3.05, 3.63) is 28.8 Å². The number of alkyl halides is 2. The molecule has 20 heavy (non-hydrogen) atoms. The highest BCUT2D eigenvalue weighted by atomic mass is 35.5. The maximum Gasteiger partial charge on any atom is 0.387 e. The van der Waals surface area contributed by atoms with E-state index < -0.39 is 6.61 Å². The van der Waals surface area contributed by atoms with Gasteiger partial charge in [0.2, 0.25) is 0 Å². The lowest BCUT2D eigenvalue weighted by atomic mass is 10.1. The molecule has 1 aliphatic heterocycles. The third kappa shape index (κ3) is 3.81. The van der Waals surface area contributed by atoms with Gasteiger partial charge >= 0.3 is 6.61 Å². The van der Waals surface area contributed by atoms with Crippen LogP contribution in [0.25, 0.3) is 0 Å². The summed E-state index contributed by atoms with van der Waals surface area (Å²) >= 11 is 5.95. The molecule has 0 spiro atoms. The van der Waals surface area contributed by atoms with E-state index in [1.54, 1.807) is 12.1 Å².